The number of anilines is 2. The lowest BCUT2D eigenvalue weighted by molar-refractivity contribution is 0.104. The number of benzene rings is 3. The molecule has 0 amide bonds. The lowest BCUT2D eigenvalue weighted by atomic mass is 9.87. The molecule has 1 N–H and O–H groups in total. The first-order chi connectivity index (χ1) is 12.8. The van der Waals surface area contributed by atoms with Crippen LogP contribution in [0, 0.1) is 0 Å². The Balaban J connectivity index is 1.72. The zero-order valence-corrected chi connectivity index (χ0v) is 13.9. The number of nitrogens with one attached hydrogen (secondary N) is 1. The van der Waals surface area contributed by atoms with Gasteiger partial charge in [0.25, 0.3) is 0 Å². The van der Waals surface area contributed by atoms with Crippen LogP contribution in [0.1, 0.15) is 15.9 Å². The summed E-state index contributed by atoms with van der Waals surface area (Å²) >= 11 is 0. The number of ether oxygens (including phenoxy) is 1. The Kier molecular flexibility index (Phi) is 3.09. The lowest BCUT2D eigenvalue weighted by Crippen LogP contribution is -2.11. The number of fused-ring (bicyclic) bond motifs is 2. The van der Waals surface area contributed by atoms with Crippen molar-refractivity contribution < 1.29 is 14.1 Å². The Morgan fingerprint density at radius 2 is 1.85 bits per heavy atom. The van der Waals surface area contributed by atoms with Gasteiger partial charge in [-0.2, -0.15) is 0 Å². The molecule has 0 atom stereocenters. The molecular formula is C21H14N2O3. The van der Waals surface area contributed by atoms with E-state index in [1.165, 1.54) is 0 Å². The van der Waals surface area contributed by atoms with Crippen molar-refractivity contribution >= 4 is 28.1 Å². The van der Waals surface area contributed by atoms with Crippen LogP contribution in [-0.2, 0) is 0 Å². The number of methoxy groups -OCH3 is 1. The monoisotopic (exact) mass is 342 g/mol. The second kappa shape index (κ2) is 5.46. The van der Waals surface area contributed by atoms with Crippen molar-refractivity contribution in [2.75, 3.05) is 12.4 Å². The number of hydrogen-bond donors (Lipinski definition) is 1. The van der Waals surface area contributed by atoms with Crippen LogP contribution in [0.5, 0.6) is 5.75 Å². The normalized spacial score (nSPS) is 12.1. The van der Waals surface area contributed by atoms with E-state index in [4.69, 9.17) is 9.26 Å². The molecule has 5 heteroatoms. The molecule has 1 aliphatic carbocycles. The Morgan fingerprint density at radius 1 is 1.00 bits per heavy atom. The summed E-state index contributed by atoms with van der Waals surface area (Å²) in [4.78, 5) is 13.2. The highest BCUT2D eigenvalue weighted by atomic mass is 16.5. The van der Waals surface area contributed by atoms with Crippen molar-refractivity contribution in [3.05, 3.63) is 71.8 Å². The summed E-state index contributed by atoms with van der Waals surface area (Å²) in [5, 5.41) is 8.21. The quantitative estimate of drug-likeness (QED) is 0.511. The summed E-state index contributed by atoms with van der Waals surface area (Å²) in [6.07, 6.45) is 0. The van der Waals surface area contributed by atoms with Crippen LogP contribution in [0.3, 0.4) is 0 Å². The van der Waals surface area contributed by atoms with Gasteiger partial charge in [-0.1, -0.05) is 35.5 Å². The van der Waals surface area contributed by atoms with Gasteiger partial charge in [0.2, 0.25) is 0 Å². The van der Waals surface area contributed by atoms with E-state index in [0.717, 1.165) is 28.1 Å². The predicted octanol–water partition coefficient (Wildman–Crippen LogP) is 4.79. The van der Waals surface area contributed by atoms with Gasteiger partial charge in [0.15, 0.2) is 11.5 Å². The Bertz CT molecular complexity index is 1180. The molecule has 1 heterocycles. The van der Waals surface area contributed by atoms with Crippen LogP contribution in [0.15, 0.2) is 65.2 Å². The van der Waals surface area contributed by atoms with Gasteiger partial charge in [0, 0.05) is 22.9 Å². The molecule has 0 aliphatic heterocycles. The zero-order chi connectivity index (χ0) is 17.7. The van der Waals surface area contributed by atoms with Gasteiger partial charge in [0.05, 0.1) is 23.7 Å². The minimum atomic E-state index is -0.0349. The summed E-state index contributed by atoms with van der Waals surface area (Å²) in [5.41, 5.74) is 4.22. The number of nitrogens with zero attached hydrogens (tertiary/aromatic N) is 1. The molecule has 0 saturated carbocycles. The van der Waals surface area contributed by atoms with Crippen molar-refractivity contribution in [3.63, 3.8) is 0 Å². The van der Waals surface area contributed by atoms with Crippen molar-refractivity contribution in [2.45, 2.75) is 0 Å². The molecule has 4 aromatic rings. The standard InChI is InChI=1S/C21H14N2O3/c1-25-13-6-4-5-12(11-13)22-16-9-10-17-19-18(16)20(24)14-7-2-3-8-15(14)21(19)26-23-17/h2-11,22H,1H3. The topological polar surface area (TPSA) is 64.4 Å². The summed E-state index contributed by atoms with van der Waals surface area (Å²) in [6.45, 7) is 0. The summed E-state index contributed by atoms with van der Waals surface area (Å²) in [6, 6.07) is 18.7. The fraction of sp³-hybridized carbons (Fsp3) is 0.0476. The zero-order valence-electron chi connectivity index (χ0n) is 13.9. The van der Waals surface area contributed by atoms with Gasteiger partial charge >= 0.3 is 0 Å². The molecule has 3 aromatic carbocycles. The minimum Gasteiger partial charge on any atom is -0.497 e. The first-order valence-electron chi connectivity index (χ1n) is 8.24. The van der Waals surface area contributed by atoms with Crippen LogP contribution >= 0.6 is 0 Å². The second-order valence-electron chi connectivity index (χ2n) is 6.13. The Labute approximate surface area is 149 Å². The number of carbonyl (C=O) groups excluding carboxylic acids is 1. The highest BCUT2D eigenvalue weighted by molar-refractivity contribution is 6.27. The largest absolute Gasteiger partial charge is 0.497 e. The van der Waals surface area contributed by atoms with Gasteiger partial charge in [-0.25, -0.2) is 0 Å². The Hall–Kier alpha value is -3.60. The number of aromatic nitrogens is 1. The molecule has 1 aromatic heterocycles. The highest BCUT2D eigenvalue weighted by Gasteiger charge is 2.31. The molecule has 5 rings (SSSR count). The molecule has 1 aliphatic rings. The SMILES string of the molecule is COc1cccc(Nc2ccc3noc4c3c2C(=O)c2ccccc2-4)c1. The highest BCUT2D eigenvalue weighted by Crippen LogP contribution is 2.42. The first kappa shape index (κ1) is 14.7. The maximum absolute atomic E-state index is 13.2. The fourth-order valence-electron chi connectivity index (χ4n) is 3.43. The lowest BCUT2D eigenvalue weighted by Gasteiger charge is -2.18. The third-order valence-corrected chi connectivity index (χ3v) is 4.64. The van der Waals surface area contributed by atoms with E-state index in [0.29, 0.717) is 22.4 Å². The third kappa shape index (κ3) is 2.04. The average Bonchev–Trinajstić information content (AvgIpc) is 3.11. The van der Waals surface area contributed by atoms with Crippen LogP contribution in [0.4, 0.5) is 11.4 Å². The summed E-state index contributed by atoms with van der Waals surface area (Å²) in [5.74, 6) is 1.35. The molecule has 0 bridgehead atoms. The molecule has 0 saturated heterocycles. The Morgan fingerprint density at radius 3 is 2.69 bits per heavy atom. The van der Waals surface area contributed by atoms with E-state index >= 15 is 0 Å². The maximum atomic E-state index is 13.2. The second-order valence-corrected chi connectivity index (χ2v) is 6.13. The predicted molar refractivity (Wildman–Crippen MR) is 99.2 cm³/mol. The summed E-state index contributed by atoms with van der Waals surface area (Å²) in [7, 11) is 1.62. The number of ketones is 1. The van der Waals surface area contributed by atoms with E-state index < -0.39 is 0 Å². The number of carbonyl (C=O) groups is 1. The molecule has 126 valence electrons. The molecule has 0 spiro atoms. The minimum absolute atomic E-state index is 0.0349. The van der Waals surface area contributed by atoms with E-state index in [1.54, 1.807) is 7.11 Å². The maximum Gasteiger partial charge on any atom is 0.196 e. The van der Waals surface area contributed by atoms with Crippen LogP contribution < -0.4 is 10.1 Å². The average molecular weight is 342 g/mol. The summed E-state index contributed by atoms with van der Waals surface area (Å²) < 4.78 is 10.8. The van der Waals surface area contributed by atoms with E-state index in [-0.39, 0.29) is 5.78 Å². The van der Waals surface area contributed by atoms with Crippen LogP contribution in [0.2, 0.25) is 0 Å². The smallest absolute Gasteiger partial charge is 0.196 e. The van der Waals surface area contributed by atoms with Gasteiger partial charge in [-0.15, -0.1) is 0 Å². The first-order valence-corrected chi connectivity index (χ1v) is 8.24. The van der Waals surface area contributed by atoms with Crippen LogP contribution in [0.25, 0.3) is 22.2 Å². The van der Waals surface area contributed by atoms with Gasteiger partial charge in [-0.05, 0) is 24.3 Å². The van der Waals surface area contributed by atoms with Crippen molar-refractivity contribution in [2.24, 2.45) is 0 Å². The molecule has 5 nitrogen and oxygen atoms in total. The third-order valence-electron chi connectivity index (χ3n) is 4.64. The van der Waals surface area contributed by atoms with Crippen molar-refractivity contribution in [1.82, 2.24) is 5.16 Å². The van der Waals surface area contributed by atoms with E-state index in [9.17, 15) is 4.79 Å². The van der Waals surface area contributed by atoms with Gasteiger partial charge < -0.3 is 14.6 Å². The molecule has 0 unspecified atom stereocenters. The molecule has 0 fully saturated rings. The number of rotatable bonds is 3. The van der Waals surface area contributed by atoms with Gasteiger partial charge in [0.1, 0.15) is 11.3 Å². The fourth-order valence-corrected chi connectivity index (χ4v) is 3.43. The van der Waals surface area contributed by atoms with E-state index in [2.05, 4.69) is 10.5 Å². The molecule has 0 radical (unpaired) electrons. The van der Waals surface area contributed by atoms with Crippen molar-refractivity contribution in [1.29, 1.82) is 0 Å². The van der Waals surface area contributed by atoms with Crippen LogP contribution in [-0.4, -0.2) is 18.0 Å². The van der Waals surface area contributed by atoms with Crippen molar-refractivity contribution in [3.8, 4) is 17.1 Å². The molecular weight excluding hydrogens is 328 g/mol. The van der Waals surface area contributed by atoms with E-state index in [1.807, 2.05) is 60.7 Å². The van der Waals surface area contributed by atoms with Gasteiger partial charge in [-0.3, -0.25) is 4.79 Å². The molecule has 26 heavy (non-hydrogen) atoms. The number of hydrogen-bond acceptors (Lipinski definition) is 5.